The molecule has 0 aliphatic carbocycles. The van der Waals surface area contributed by atoms with Gasteiger partial charge >= 0.3 is 0 Å². The average molecular weight is 300 g/mol. The maximum Gasteiger partial charge on any atom is 0.0501 e. The number of halogens is 1. The van der Waals surface area contributed by atoms with E-state index in [4.69, 9.17) is 11.6 Å². The van der Waals surface area contributed by atoms with E-state index in [0.717, 1.165) is 24.7 Å². The highest BCUT2D eigenvalue weighted by Gasteiger charge is 2.09. The van der Waals surface area contributed by atoms with Crippen LogP contribution in [0, 0.1) is 0 Å². The summed E-state index contributed by atoms with van der Waals surface area (Å²) in [7, 11) is 0. The largest absolute Gasteiger partial charge is 0.343 e. The second-order valence-electron chi connectivity index (χ2n) is 5.09. The molecule has 0 spiro atoms. The lowest BCUT2D eigenvalue weighted by atomic mass is 10.2. The second kappa shape index (κ2) is 6.29. The molecule has 0 unspecified atom stereocenters. The maximum absolute atomic E-state index is 6.17. The molecule has 108 valence electrons. The van der Waals surface area contributed by atoms with Gasteiger partial charge in [0.2, 0.25) is 0 Å². The summed E-state index contributed by atoms with van der Waals surface area (Å²) in [5.41, 5.74) is 3.65. The zero-order valence-corrected chi connectivity index (χ0v) is 12.8. The van der Waals surface area contributed by atoms with Crippen molar-refractivity contribution in [3.8, 4) is 0 Å². The molecule has 0 aliphatic rings. The summed E-state index contributed by atoms with van der Waals surface area (Å²) in [4.78, 5) is 4.18. The zero-order chi connectivity index (χ0) is 14.7. The summed E-state index contributed by atoms with van der Waals surface area (Å²) in [5, 5.41) is 5.41. The fourth-order valence-corrected chi connectivity index (χ4v) is 2.73. The van der Waals surface area contributed by atoms with E-state index >= 15 is 0 Å². The van der Waals surface area contributed by atoms with Crippen molar-refractivity contribution < 1.29 is 0 Å². The van der Waals surface area contributed by atoms with Gasteiger partial charge < -0.3 is 9.88 Å². The predicted octanol–water partition coefficient (Wildman–Crippen LogP) is 3.85. The molecular weight excluding hydrogens is 282 g/mol. The molecule has 0 saturated carbocycles. The Labute approximate surface area is 129 Å². The molecule has 0 radical (unpaired) electrons. The molecule has 21 heavy (non-hydrogen) atoms. The summed E-state index contributed by atoms with van der Waals surface area (Å²) in [5.74, 6) is 0. The second-order valence-corrected chi connectivity index (χ2v) is 5.52. The van der Waals surface area contributed by atoms with Crippen molar-refractivity contribution >= 4 is 22.5 Å². The van der Waals surface area contributed by atoms with Crippen LogP contribution in [0.25, 0.3) is 10.9 Å². The summed E-state index contributed by atoms with van der Waals surface area (Å²) in [6.07, 6.45) is 5.90. The molecule has 0 saturated heterocycles. The highest BCUT2D eigenvalue weighted by atomic mass is 35.5. The molecule has 0 amide bonds. The van der Waals surface area contributed by atoms with Crippen LogP contribution in [0.1, 0.15) is 18.1 Å². The van der Waals surface area contributed by atoms with Gasteiger partial charge in [-0.05, 0) is 35.9 Å². The highest BCUT2D eigenvalue weighted by molar-refractivity contribution is 6.31. The molecule has 1 aromatic carbocycles. The van der Waals surface area contributed by atoms with Crippen molar-refractivity contribution in [1.29, 1.82) is 0 Å². The third kappa shape index (κ3) is 3.09. The Hall–Kier alpha value is -1.84. The first kappa shape index (κ1) is 14.1. The molecule has 3 rings (SSSR count). The van der Waals surface area contributed by atoms with Gasteiger partial charge in [-0.2, -0.15) is 0 Å². The van der Waals surface area contributed by atoms with Crippen LogP contribution in [0.3, 0.4) is 0 Å². The van der Waals surface area contributed by atoms with E-state index in [9.17, 15) is 0 Å². The Morgan fingerprint density at radius 1 is 1.29 bits per heavy atom. The molecule has 0 aliphatic heterocycles. The first-order valence-electron chi connectivity index (χ1n) is 7.15. The third-order valence-corrected chi connectivity index (χ3v) is 3.80. The van der Waals surface area contributed by atoms with Gasteiger partial charge in [0, 0.05) is 42.1 Å². The number of hydrogen-bond acceptors (Lipinski definition) is 2. The minimum Gasteiger partial charge on any atom is -0.343 e. The van der Waals surface area contributed by atoms with Crippen LogP contribution in [-0.2, 0) is 13.1 Å². The van der Waals surface area contributed by atoms with E-state index < -0.39 is 0 Å². The number of benzene rings is 1. The van der Waals surface area contributed by atoms with Crippen LogP contribution in [0.15, 0.2) is 48.9 Å². The number of nitrogens with one attached hydrogen (secondary N) is 1. The Morgan fingerprint density at radius 3 is 2.95 bits per heavy atom. The number of fused-ring (bicyclic) bond motifs is 1. The third-order valence-electron chi connectivity index (χ3n) is 3.57. The number of nitrogens with zero attached hydrogens (tertiary/aromatic N) is 2. The maximum atomic E-state index is 6.17. The standard InChI is InChI=1S/C17H18ClN3/c1-2-19-10-14-12-21(11-13-4-3-7-20-9-13)17-8-15(18)5-6-16(14)17/h3-9,12,19H,2,10-11H2,1H3. The SMILES string of the molecule is CCNCc1cn(Cc2cccnc2)c2cc(Cl)ccc12. The summed E-state index contributed by atoms with van der Waals surface area (Å²) in [6, 6.07) is 10.1. The fraction of sp³-hybridized carbons (Fsp3) is 0.235. The first-order valence-corrected chi connectivity index (χ1v) is 7.52. The van der Waals surface area contributed by atoms with E-state index in [2.05, 4.69) is 40.1 Å². The van der Waals surface area contributed by atoms with Gasteiger partial charge in [0.05, 0.1) is 5.52 Å². The molecule has 0 atom stereocenters. The Bertz CT molecular complexity index is 734. The van der Waals surface area contributed by atoms with E-state index in [0.29, 0.717) is 0 Å². The van der Waals surface area contributed by atoms with E-state index in [1.54, 1.807) is 6.20 Å². The van der Waals surface area contributed by atoms with E-state index in [1.807, 2.05) is 24.4 Å². The Kier molecular flexibility index (Phi) is 4.23. The number of aromatic nitrogens is 2. The molecule has 0 fully saturated rings. The number of pyridine rings is 1. The molecule has 1 N–H and O–H groups in total. The van der Waals surface area contributed by atoms with E-state index in [1.165, 1.54) is 22.0 Å². The molecule has 0 bridgehead atoms. The number of rotatable bonds is 5. The first-order chi connectivity index (χ1) is 10.3. The fourth-order valence-electron chi connectivity index (χ4n) is 2.56. The van der Waals surface area contributed by atoms with Crippen molar-refractivity contribution in [2.24, 2.45) is 0 Å². The summed E-state index contributed by atoms with van der Waals surface area (Å²) >= 11 is 6.17. The van der Waals surface area contributed by atoms with Crippen LogP contribution >= 0.6 is 11.6 Å². The van der Waals surface area contributed by atoms with Crippen LogP contribution in [0.5, 0.6) is 0 Å². The van der Waals surface area contributed by atoms with Crippen molar-refractivity contribution in [3.63, 3.8) is 0 Å². The van der Waals surface area contributed by atoms with E-state index in [-0.39, 0.29) is 0 Å². The minimum absolute atomic E-state index is 0.767. The predicted molar refractivity (Wildman–Crippen MR) is 87.7 cm³/mol. The lowest BCUT2D eigenvalue weighted by Gasteiger charge is -2.05. The number of hydrogen-bond donors (Lipinski definition) is 1. The quantitative estimate of drug-likeness (QED) is 0.775. The minimum atomic E-state index is 0.767. The lowest BCUT2D eigenvalue weighted by molar-refractivity contribution is 0.724. The van der Waals surface area contributed by atoms with Crippen molar-refractivity contribution in [2.45, 2.75) is 20.0 Å². The zero-order valence-electron chi connectivity index (χ0n) is 12.0. The van der Waals surface area contributed by atoms with Crippen LogP contribution < -0.4 is 5.32 Å². The van der Waals surface area contributed by atoms with Gasteiger partial charge in [-0.1, -0.05) is 30.7 Å². The molecule has 3 aromatic rings. The molecule has 3 nitrogen and oxygen atoms in total. The summed E-state index contributed by atoms with van der Waals surface area (Å²) in [6.45, 7) is 4.75. The monoisotopic (exact) mass is 299 g/mol. The molecule has 4 heteroatoms. The van der Waals surface area contributed by atoms with Gasteiger partial charge in [0.15, 0.2) is 0 Å². The van der Waals surface area contributed by atoms with Crippen molar-refractivity contribution in [2.75, 3.05) is 6.54 Å². The van der Waals surface area contributed by atoms with Crippen molar-refractivity contribution in [3.05, 3.63) is 65.1 Å². The van der Waals surface area contributed by atoms with Gasteiger partial charge in [-0.15, -0.1) is 0 Å². The lowest BCUT2D eigenvalue weighted by Crippen LogP contribution is -2.11. The molecule has 2 aromatic heterocycles. The van der Waals surface area contributed by atoms with Crippen molar-refractivity contribution in [1.82, 2.24) is 14.9 Å². The van der Waals surface area contributed by atoms with Gasteiger partial charge in [0.1, 0.15) is 0 Å². The Morgan fingerprint density at radius 2 is 2.19 bits per heavy atom. The van der Waals surface area contributed by atoms with Gasteiger partial charge in [-0.3, -0.25) is 4.98 Å². The van der Waals surface area contributed by atoms with Crippen LogP contribution in [0.2, 0.25) is 5.02 Å². The normalized spacial score (nSPS) is 11.1. The molecule has 2 heterocycles. The van der Waals surface area contributed by atoms with Gasteiger partial charge in [-0.25, -0.2) is 0 Å². The molecular formula is C17H18ClN3. The van der Waals surface area contributed by atoms with Crippen LogP contribution in [-0.4, -0.2) is 16.1 Å². The smallest absolute Gasteiger partial charge is 0.0501 e. The topological polar surface area (TPSA) is 29.9 Å². The Balaban J connectivity index is 2.02. The van der Waals surface area contributed by atoms with Crippen LogP contribution in [0.4, 0.5) is 0 Å². The highest BCUT2D eigenvalue weighted by Crippen LogP contribution is 2.25. The average Bonchev–Trinajstić information content (AvgIpc) is 2.83. The van der Waals surface area contributed by atoms with Gasteiger partial charge in [0.25, 0.3) is 0 Å². The summed E-state index contributed by atoms with van der Waals surface area (Å²) < 4.78 is 2.24.